The molecular weight excluding hydrogens is 314 g/mol. The zero-order valence-electron chi connectivity index (χ0n) is 13.1. The van der Waals surface area contributed by atoms with Gasteiger partial charge in [-0.25, -0.2) is 0 Å². The van der Waals surface area contributed by atoms with Crippen LogP contribution in [-0.4, -0.2) is 60.9 Å². The molecule has 1 saturated heterocycles. The fourth-order valence-corrected chi connectivity index (χ4v) is 2.88. The van der Waals surface area contributed by atoms with Crippen LogP contribution in [0.1, 0.15) is 23.2 Å². The zero-order valence-corrected chi connectivity index (χ0v) is 13.9. The number of carbonyl (C=O) groups excluding carboxylic acids is 2. The highest BCUT2D eigenvalue weighted by atomic mass is 35.5. The molecule has 0 unspecified atom stereocenters. The van der Waals surface area contributed by atoms with Crippen LogP contribution in [0, 0.1) is 5.92 Å². The molecule has 1 heterocycles. The highest BCUT2D eigenvalue weighted by Gasteiger charge is 2.25. The number of hydrogen-bond donors (Lipinski definition) is 1. The van der Waals surface area contributed by atoms with E-state index in [1.165, 1.54) is 12.8 Å². The number of carbonyl (C=O) groups is 2. The van der Waals surface area contributed by atoms with Gasteiger partial charge in [0.2, 0.25) is 5.91 Å². The standard InChI is InChI=1S/C17H22ClN3O2/c18-15-5-3-14(4-6-15)17(23)21-9-7-20(8-10-21)16(22)12-19-11-13-1-2-13/h3-6,13,19H,1-2,7-12H2. The molecule has 2 amide bonds. The van der Waals surface area contributed by atoms with Gasteiger partial charge in [-0.2, -0.15) is 0 Å². The second kappa shape index (κ2) is 7.32. The minimum absolute atomic E-state index is 0.000578. The van der Waals surface area contributed by atoms with Crippen LogP contribution in [0.15, 0.2) is 24.3 Å². The van der Waals surface area contributed by atoms with Gasteiger partial charge in [0, 0.05) is 36.8 Å². The topological polar surface area (TPSA) is 52.7 Å². The Balaban J connectivity index is 1.44. The van der Waals surface area contributed by atoms with Crippen molar-refractivity contribution in [3.8, 4) is 0 Å². The van der Waals surface area contributed by atoms with Crippen LogP contribution in [-0.2, 0) is 4.79 Å². The fraction of sp³-hybridized carbons (Fsp3) is 0.529. The maximum atomic E-state index is 12.4. The van der Waals surface area contributed by atoms with Gasteiger partial charge in [0.1, 0.15) is 0 Å². The fourth-order valence-electron chi connectivity index (χ4n) is 2.75. The smallest absolute Gasteiger partial charge is 0.253 e. The molecule has 1 aliphatic heterocycles. The van der Waals surface area contributed by atoms with E-state index in [0.29, 0.717) is 43.3 Å². The molecule has 0 spiro atoms. The van der Waals surface area contributed by atoms with Crippen LogP contribution in [0.2, 0.25) is 5.02 Å². The van der Waals surface area contributed by atoms with E-state index in [4.69, 9.17) is 11.6 Å². The van der Waals surface area contributed by atoms with Crippen LogP contribution in [0.25, 0.3) is 0 Å². The Labute approximate surface area is 141 Å². The molecule has 2 fully saturated rings. The number of amides is 2. The quantitative estimate of drug-likeness (QED) is 0.889. The molecule has 0 aromatic heterocycles. The Bertz CT molecular complexity index is 564. The minimum atomic E-state index is 0.000578. The highest BCUT2D eigenvalue weighted by molar-refractivity contribution is 6.30. The number of halogens is 1. The van der Waals surface area contributed by atoms with Crippen molar-refractivity contribution in [3.63, 3.8) is 0 Å². The lowest BCUT2D eigenvalue weighted by atomic mass is 10.2. The average Bonchev–Trinajstić information content (AvgIpc) is 3.39. The van der Waals surface area contributed by atoms with E-state index in [1.807, 2.05) is 4.90 Å². The molecule has 124 valence electrons. The third-order valence-corrected chi connectivity index (χ3v) is 4.67. The van der Waals surface area contributed by atoms with Gasteiger partial charge in [-0.05, 0) is 49.6 Å². The highest BCUT2D eigenvalue weighted by Crippen LogP contribution is 2.27. The molecule has 1 aromatic rings. The zero-order chi connectivity index (χ0) is 16.2. The van der Waals surface area contributed by atoms with Gasteiger partial charge in [0.25, 0.3) is 5.91 Å². The largest absolute Gasteiger partial charge is 0.338 e. The number of hydrogen-bond acceptors (Lipinski definition) is 3. The number of benzene rings is 1. The van der Waals surface area contributed by atoms with Gasteiger partial charge >= 0.3 is 0 Å². The van der Waals surface area contributed by atoms with Gasteiger partial charge in [-0.15, -0.1) is 0 Å². The third kappa shape index (κ3) is 4.45. The number of rotatable bonds is 5. The van der Waals surface area contributed by atoms with Crippen molar-refractivity contribution in [2.45, 2.75) is 12.8 Å². The van der Waals surface area contributed by atoms with E-state index in [1.54, 1.807) is 29.2 Å². The van der Waals surface area contributed by atoms with Crippen molar-refractivity contribution in [1.82, 2.24) is 15.1 Å². The molecule has 1 saturated carbocycles. The van der Waals surface area contributed by atoms with Crippen LogP contribution >= 0.6 is 11.6 Å². The Morgan fingerprint density at radius 2 is 1.65 bits per heavy atom. The lowest BCUT2D eigenvalue weighted by Gasteiger charge is -2.35. The van der Waals surface area contributed by atoms with Gasteiger partial charge in [0.05, 0.1) is 6.54 Å². The summed E-state index contributed by atoms with van der Waals surface area (Å²) in [6.45, 7) is 3.71. The molecule has 1 N–H and O–H groups in total. The van der Waals surface area contributed by atoms with E-state index in [-0.39, 0.29) is 11.8 Å². The van der Waals surface area contributed by atoms with Gasteiger partial charge in [-0.1, -0.05) is 11.6 Å². The summed E-state index contributed by atoms with van der Waals surface area (Å²) in [6, 6.07) is 6.92. The van der Waals surface area contributed by atoms with Crippen molar-refractivity contribution in [2.24, 2.45) is 5.92 Å². The first kappa shape index (κ1) is 16.3. The molecule has 0 radical (unpaired) electrons. The van der Waals surface area contributed by atoms with Crippen molar-refractivity contribution in [1.29, 1.82) is 0 Å². The molecule has 1 aliphatic carbocycles. The van der Waals surface area contributed by atoms with Crippen molar-refractivity contribution >= 4 is 23.4 Å². The Morgan fingerprint density at radius 3 is 2.26 bits per heavy atom. The Hall–Kier alpha value is -1.59. The van der Waals surface area contributed by atoms with E-state index in [2.05, 4.69) is 5.32 Å². The molecule has 0 atom stereocenters. The van der Waals surface area contributed by atoms with E-state index in [0.717, 1.165) is 12.5 Å². The molecule has 1 aromatic carbocycles. The summed E-state index contributed by atoms with van der Waals surface area (Å²) < 4.78 is 0. The molecule has 6 heteroatoms. The second-order valence-corrected chi connectivity index (χ2v) is 6.69. The molecule has 5 nitrogen and oxygen atoms in total. The summed E-state index contributed by atoms with van der Waals surface area (Å²) >= 11 is 5.85. The van der Waals surface area contributed by atoms with E-state index in [9.17, 15) is 9.59 Å². The molecule has 23 heavy (non-hydrogen) atoms. The Morgan fingerprint density at radius 1 is 1.04 bits per heavy atom. The predicted octanol–water partition coefficient (Wildman–Crippen LogP) is 1.62. The van der Waals surface area contributed by atoms with Crippen LogP contribution in [0.5, 0.6) is 0 Å². The van der Waals surface area contributed by atoms with Crippen LogP contribution in [0.3, 0.4) is 0 Å². The molecular formula is C17H22ClN3O2. The molecule has 3 rings (SSSR count). The van der Waals surface area contributed by atoms with Gasteiger partial charge in [0.15, 0.2) is 0 Å². The van der Waals surface area contributed by atoms with Gasteiger partial charge in [-0.3, -0.25) is 9.59 Å². The summed E-state index contributed by atoms with van der Waals surface area (Å²) in [5.41, 5.74) is 0.639. The van der Waals surface area contributed by atoms with Crippen LogP contribution in [0.4, 0.5) is 0 Å². The van der Waals surface area contributed by atoms with Crippen molar-refractivity contribution in [2.75, 3.05) is 39.3 Å². The summed E-state index contributed by atoms with van der Waals surface area (Å²) in [5, 5.41) is 3.85. The summed E-state index contributed by atoms with van der Waals surface area (Å²) in [7, 11) is 0. The van der Waals surface area contributed by atoms with E-state index >= 15 is 0 Å². The predicted molar refractivity (Wildman–Crippen MR) is 89.5 cm³/mol. The van der Waals surface area contributed by atoms with E-state index < -0.39 is 0 Å². The van der Waals surface area contributed by atoms with Crippen molar-refractivity contribution < 1.29 is 9.59 Å². The lowest BCUT2D eigenvalue weighted by Crippen LogP contribution is -2.52. The number of piperazine rings is 1. The maximum Gasteiger partial charge on any atom is 0.253 e. The van der Waals surface area contributed by atoms with Crippen LogP contribution < -0.4 is 5.32 Å². The first-order valence-electron chi connectivity index (χ1n) is 8.17. The maximum absolute atomic E-state index is 12.4. The Kier molecular flexibility index (Phi) is 5.18. The summed E-state index contributed by atoms with van der Waals surface area (Å²) in [5.74, 6) is 0.904. The first-order valence-corrected chi connectivity index (χ1v) is 8.54. The SMILES string of the molecule is O=C(CNCC1CC1)N1CCN(C(=O)c2ccc(Cl)cc2)CC1. The normalized spacial score (nSPS) is 18.1. The number of nitrogens with one attached hydrogen (secondary N) is 1. The average molecular weight is 336 g/mol. The third-order valence-electron chi connectivity index (χ3n) is 4.42. The molecule has 0 bridgehead atoms. The molecule has 2 aliphatic rings. The van der Waals surface area contributed by atoms with Crippen molar-refractivity contribution in [3.05, 3.63) is 34.9 Å². The number of nitrogens with zero attached hydrogens (tertiary/aromatic N) is 2. The summed E-state index contributed by atoms with van der Waals surface area (Å²) in [6.07, 6.45) is 2.57. The second-order valence-electron chi connectivity index (χ2n) is 6.25. The minimum Gasteiger partial charge on any atom is -0.338 e. The van der Waals surface area contributed by atoms with Gasteiger partial charge < -0.3 is 15.1 Å². The summed E-state index contributed by atoms with van der Waals surface area (Å²) in [4.78, 5) is 28.2. The monoisotopic (exact) mass is 335 g/mol. The lowest BCUT2D eigenvalue weighted by molar-refractivity contribution is -0.131. The first-order chi connectivity index (χ1) is 11.1.